The molecule has 0 heterocycles. The van der Waals surface area contributed by atoms with Gasteiger partial charge in [-0.3, -0.25) is 5.32 Å². The molecular weight excluding hydrogens is 267 g/mol. The van der Waals surface area contributed by atoms with Crippen LogP contribution in [0.5, 0.6) is 5.75 Å². The Hall–Kier alpha value is -1.88. The molecule has 4 nitrogen and oxygen atoms in total. The van der Waals surface area contributed by atoms with Crippen molar-refractivity contribution in [3.8, 4) is 11.9 Å². The smallest absolute Gasteiger partial charge is 0.406 e. The molecule has 1 N–H and O–H groups in total. The van der Waals surface area contributed by atoms with Crippen LogP contribution in [0.1, 0.15) is 0 Å². The number of rotatable bonds is 2. The minimum atomic E-state index is -4.71. The maximum atomic E-state index is 11.9. The van der Waals surface area contributed by atoms with Crippen molar-refractivity contribution in [2.45, 2.75) is 6.36 Å². The van der Waals surface area contributed by atoms with E-state index >= 15 is 0 Å². The average molecular weight is 275 g/mol. The van der Waals surface area contributed by atoms with Gasteiger partial charge >= 0.3 is 6.36 Å². The largest absolute Gasteiger partial charge is 0.573 e. The summed E-state index contributed by atoms with van der Waals surface area (Å²) in [6.45, 7) is 0. The zero-order chi connectivity index (χ0) is 13.6. The standard InChI is InChI=1S/C10H8F3N3OS/c1-18-9(15-6-14)16-7-2-4-8(5-3-7)17-10(11,12)13/h2-5H,1H3,(H,15,16). The fraction of sp³-hybridized carbons (Fsp3) is 0.200. The first-order chi connectivity index (χ1) is 8.44. The van der Waals surface area contributed by atoms with Crippen molar-refractivity contribution >= 4 is 22.6 Å². The van der Waals surface area contributed by atoms with Crippen molar-refractivity contribution in [1.82, 2.24) is 5.32 Å². The summed E-state index contributed by atoms with van der Waals surface area (Å²) in [6.07, 6.45) is -1.29. The Bertz CT molecular complexity index is 465. The van der Waals surface area contributed by atoms with Crippen LogP contribution in [0, 0.1) is 11.5 Å². The van der Waals surface area contributed by atoms with Gasteiger partial charge in [0.1, 0.15) is 5.75 Å². The number of hydrogen-bond acceptors (Lipinski definition) is 4. The molecule has 1 aromatic rings. The van der Waals surface area contributed by atoms with Crippen LogP contribution >= 0.6 is 11.8 Å². The van der Waals surface area contributed by atoms with E-state index in [0.29, 0.717) is 10.9 Å². The van der Waals surface area contributed by atoms with Crippen LogP contribution in [0.4, 0.5) is 18.9 Å². The molecule has 18 heavy (non-hydrogen) atoms. The Morgan fingerprint density at radius 1 is 1.39 bits per heavy atom. The van der Waals surface area contributed by atoms with E-state index in [-0.39, 0.29) is 5.75 Å². The fourth-order valence-corrected chi connectivity index (χ4v) is 1.36. The number of benzene rings is 1. The molecule has 0 aliphatic carbocycles. The van der Waals surface area contributed by atoms with Gasteiger partial charge in [0, 0.05) is 0 Å². The Labute approximate surface area is 105 Å². The lowest BCUT2D eigenvalue weighted by molar-refractivity contribution is -0.274. The summed E-state index contributed by atoms with van der Waals surface area (Å²) < 4.78 is 39.4. The van der Waals surface area contributed by atoms with Crippen molar-refractivity contribution in [3.05, 3.63) is 24.3 Å². The van der Waals surface area contributed by atoms with Crippen molar-refractivity contribution < 1.29 is 17.9 Å². The Morgan fingerprint density at radius 2 is 2.00 bits per heavy atom. The van der Waals surface area contributed by atoms with E-state index < -0.39 is 6.36 Å². The van der Waals surface area contributed by atoms with E-state index in [0.717, 1.165) is 12.1 Å². The highest BCUT2D eigenvalue weighted by Gasteiger charge is 2.30. The summed E-state index contributed by atoms with van der Waals surface area (Å²) >= 11 is 1.21. The second-order valence-corrected chi connectivity index (χ2v) is 3.69. The van der Waals surface area contributed by atoms with Gasteiger partial charge in [0.2, 0.25) is 0 Å². The predicted molar refractivity (Wildman–Crippen MR) is 62.5 cm³/mol. The van der Waals surface area contributed by atoms with Crippen molar-refractivity contribution in [2.75, 3.05) is 6.26 Å². The van der Waals surface area contributed by atoms with Crippen LogP contribution in [0.2, 0.25) is 0 Å². The minimum Gasteiger partial charge on any atom is -0.406 e. The normalized spacial score (nSPS) is 11.8. The third-order valence-electron chi connectivity index (χ3n) is 1.66. The van der Waals surface area contributed by atoms with Gasteiger partial charge in [-0.25, -0.2) is 4.99 Å². The molecule has 0 fully saturated rings. The SMILES string of the molecule is CSC(=Nc1ccc(OC(F)(F)F)cc1)NC#N. The zero-order valence-electron chi connectivity index (χ0n) is 9.15. The first-order valence-corrected chi connectivity index (χ1v) is 5.80. The van der Waals surface area contributed by atoms with E-state index in [4.69, 9.17) is 5.26 Å². The number of aliphatic imine (C=N–C) groups is 1. The summed E-state index contributed by atoms with van der Waals surface area (Å²) in [4.78, 5) is 4.01. The number of amidine groups is 1. The molecule has 1 aromatic carbocycles. The van der Waals surface area contributed by atoms with Crippen LogP contribution < -0.4 is 10.1 Å². The van der Waals surface area contributed by atoms with Crippen LogP contribution in [-0.2, 0) is 0 Å². The molecular formula is C10H8F3N3OS. The van der Waals surface area contributed by atoms with Crippen LogP contribution in [-0.4, -0.2) is 17.8 Å². The Balaban J connectivity index is 2.80. The summed E-state index contributed by atoms with van der Waals surface area (Å²) in [7, 11) is 0. The van der Waals surface area contributed by atoms with E-state index in [1.165, 1.54) is 23.9 Å². The maximum Gasteiger partial charge on any atom is 0.573 e. The summed E-state index contributed by atoms with van der Waals surface area (Å²) in [5, 5.41) is 11.1. The molecule has 0 saturated heterocycles. The molecule has 0 saturated carbocycles. The van der Waals surface area contributed by atoms with E-state index in [2.05, 4.69) is 15.0 Å². The first-order valence-electron chi connectivity index (χ1n) is 4.58. The molecule has 0 bridgehead atoms. The number of hydrogen-bond donors (Lipinski definition) is 1. The van der Waals surface area contributed by atoms with Crippen molar-refractivity contribution in [3.63, 3.8) is 0 Å². The topological polar surface area (TPSA) is 57.4 Å². The molecule has 0 unspecified atom stereocenters. The van der Waals surface area contributed by atoms with E-state index in [9.17, 15) is 13.2 Å². The molecule has 0 spiro atoms. The lowest BCUT2D eigenvalue weighted by Gasteiger charge is -2.08. The van der Waals surface area contributed by atoms with Gasteiger partial charge in [-0.15, -0.1) is 13.2 Å². The monoisotopic (exact) mass is 275 g/mol. The fourth-order valence-electron chi connectivity index (χ4n) is 1.01. The third-order valence-corrected chi connectivity index (χ3v) is 2.24. The number of nitrogens with one attached hydrogen (secondary N) is 1. The predicted octanol–water partition coefficient (Wildman–Crippen LogP) is 3.01. The number of alkyl halides is 3. The summed E-state index contributed by atoms with van der Waals surface area (Å²) in [5.41, 5.74) is 0.414. The zero-order valence-corrected chi connectivity index (χ0v) is 9.97. The molecule has 8 heteroatoms. The molecule has 1 rings (SSSR count). The van der Waals surface area contributed by atoms with Gasteiger partial charge in [0.05, 0.1) is 5.69 Å². The Kier molecular flexibility index (Phi) is 4.85. The van der Waals surface area contributed by atoms with Gasteiger partial charge in [0.25, 0.3) is 0 Å². The number of ether oxygens (including phenoxy) is 1. The quantitative estimate of drug-likeness (QED) is 0.390. The molecule has 0 radical (unpaired) electrons. The highest BCUT2D eigenvalue weighted by molar-refractivity contribution is 8.13. The average Bonchev–Trinajstić information content (AvgIpc) is 2.29. The molecule has 0 aliphatic rings. The lowest BCUT2D eigenvalue weighted by atomic mass is 10.3. The molecule has 0 aliphatic heterocycles. The van der Waals surface area contributed by atoms with Gasteiger partial charge in [-0.2, -0.15) is 5.26 Å². The molecule has 0 amide bonds. The number of nitrogens with zero attached hydrogens (tertiary/aromatic N) is 2. The number of nitriles is 1. The summed E-state index contributed by atoms with van der Waals surface area (Å²) in [6, 6.07) is 5.01. The highest BCUT2D eigenvalue weighted by atomic mass is 32.2. The highest BCUT2D eigenvalue weighted by Crippen LogP contribution is 2.25. The molecule has 0 aromatic heterocycles. The molecule has 96 valence electrons. The van der Waals surface area contributed by atoms with E-state index in [1.807, 2.05) is 0 Å². The van der Waals surface area contributed by atoms with Gasteiger partial charge in [-0.1, -0.05) is 11.8 Å². The van der Waals surface area contributed by atoms with Crippen molar-refractivity contribution in [1.29, 1.82) is 5.26 Å². The number of halogens is 3. The number of thioether (sulfide) groups is 1. The van der Waals surface area contributed by atoms with Crippen LogP contribution in [0.15, 0.2) is 29.3 Å². The van der Waals surface area contributed by atoms with Gasteiger partial charge in [0.15, 0.2) is 11.4 Å². The van der Waals surface area contributed by atoms with Crippen molar-refractivity contribution in [2.24, 2.45) is 4.99 Å². The Morgan fingerprint density at radius 3 is 2.44 bits per heavy atom. The first kappa shape index (κ1) is 14.2. The third kappa shape index (κ3) is 4.97. The minimum absolute atomic E-state index is 0.319. The van der Waals surface area contributed by atoms with Gasteiger partial charge in [-0.05, 0) is 30.5 Å². The van der Waals surface area contributed by atoms with Gasteiger partial charge < -0.3 is 4.74 Å². The van der Waals surface area contributed by atoms with Crippen LogP contribution in [0.3, 0.4) is 0 Å². The molecule has 0 atom stereocenters. The van der Waals surface area contributed by atoms with Crippen LogP contribution in [0.25, 0.3) is 0 Å². The maximum absolute atomic E-state index is 11.9. The second kappa shape index (κ2) is 6.16. The summed E-state index contributed by atoms with van der Waals surface area (Å²) in [5.74, 6) is -0.319. The lowest BCUT2D eigenvalue weighted by Crippen LogP contribution is -2.16. The van der Waals surface area contributed by atoms with E-state index in [1.54, 1.807) is 12.4 Å². The second-order valence-electron chi connectivity index (χ2n) is 2.90.